The van der Waals surface area contributed by atoms with E-state index in [0.29, 0.717) is 26.9 Å². The lowest BCUT2D eigenvalue weighted by atomic mass is 10.2. The first-order valence-corrected chi connectivity index (χ1v) is 9.35. The van der Waals surface area contributed by atoms with E-state index in [1.54, 1.807) is 55.5 Å². The van der Waals surface area contributed by atoms with Gasteiger partial charge < -0.3 is 4.74 Å². The smallest absolute Gasteiger partial charge is 0.289 e. The zero-order valence-electron chi connectivity index (χ0n) is 14.5. The van der Waals surface area contributed by atoms with Crippen LogP contribution in [0.25, 0.3) is 5.69 Å². The van der Waals surface area contributed by atoms with Gasteiger partial charge in [-0.1, -0.05) is 11.6 Å². The Balaban J connectivity index is 2.20. The van der Waals surface area contributed by atoms with Crippen LogP contribution in [0.15, 0.2) is 63.2 Å². The summed E-state index contributed by atoms with van der Waals surface area (Å²) in [4.78, 5) is 13.1. The molecule has 2 aromatic carbocycles. The van der Waals surface area contributed by atoms with E-state index in [1.807, 2.05) is 6.07 Å². The summed E-state index contributed by atoms with van der Waals surface area (Å²) in [6, 6.07) is 15.0. The van der Waals surface area contributed by atoms with Gasteiger partial charge in [-0.15, -0.1) is 0 Å². The van der Waals surface area contributed by atoms with Crippen LogP contribution in [0.3, 0.4) is 0 Å². The summed E-state index contributed by atoms with van der Waals surface area (Å²) in [6.45, 7) is 1.56. The Labute approximate surface area is 163 Å². The zero-order chi connectivity index (χ0) is 19.6. The van der Waals surface area contributed by atoms with Gasteiger partial charge >= 0.3 is 0 Å². The van der Waals surface area contributed by atoms with Gasteiger partial charge in [-0.05, 0) is 55.5 Å². The predicted molar refractivity (Wildman–Crippen MR) is 102 cm³/mol. The Morgan fingerprint density at radius 1 is 1.15 bits per heavy atom. The minimum Gasteiger partial charge on any atom is -0.497 e. The molecule has 0 bridgehead atoms. The van der Waals surface area contributed by atoms with Crippen LogP contribution in [-0.4, -0.2) is 21.1 Å². The van der Waals surface area contributed by atoms with Crippen LogP contribution in [0, 0.1) is 18.3 Å². The van der Waals surface area contributed by atoms with Gasteiger partial charge in [0, 0.05) is 15.5 Å². The molecule has 0 aliphatic rings. The third-order valence-corrected chi connectivity index (χ3v) is 5.62. The van der Waals surface area contributed by atoms with Crippen LogP contribution in [0.4, 0.5) is 0 Å². The van der Waals surface area contributed by atoms with Crippen molar-refractivity contribution in [1.82, 2.24) is 9.78 Å². The van der Waals surface area contributed by atoms with Gasteiger partial charge in [0.1, 0.15) is 28.2 Å². The summed E-state index contributed by atoms with van der Waals surface area (Å²) >= 11 is 5.88. The molecule has 0 aliphatic heterocycles. The number of nitrogens with zero attached hydrogens (tertiary/aromatic N) is 3. The number of halogens is 1. The molecule has 3 aromatic rings. The summed E-state index contributed by atoms with van der Waals surface area (Å²) < 4.78 is 19.2. The summed E-state index contributed by atoms with van der Waals surface area (Å²) in [5, 5.41) is 14.4. The quantitative estimate of drug-likeness (QED) is 0.672. The highest BCUT2D eigenvalue weighted by Crippen LogP contribution is 2.21. The second-order valence-electron chi connectivity index (χ2n) is 5.55. The van der Waals surface area contributed by atoms with Crippen molar-refractivity contribution in [1.29, 1.82) is 5.26 Å². The van der Waals surface area contributed by atoms with E-state index < -0.39 is 16.4 Å². The highest BCUT2D eigenvalue weighted by Gasteiger charge is 2.20. The summed E-state index contributed by atoms with van der Waals surface area (Å²) in [7, 11) is -0.148. The molecule has 0 radical (unpaired) electrons. The van der Waals surface area contributed by atoms with Crippen LogP contribution in [0.1, 0.15) is 11.1 Å². The van der Waals surface area contributed by atoms with Crippen molar-refractivity contribution in [3.8, 4) is 17.5 Å². The van der Waals surface area contributed by atoms with Gasteiger partial charge in [-0.3, -0.25) is 4.79 Å². The Kier molecular flexibility index (Phi) is 5.40. The van der Waals surface area contributed by atoms with E-state index in [0.717, 1.165) is 4.68 Å². The topological polar surface area (TPSA) is 85.0 Å². The standard InChI is InChI=1S/C19H14ClN3O3S/c1-12-17(11-21)19(24)23(14-5-7-15(26-2)8-6-14)22-18(12)27(25)16-9-3-13(20)4-10-16/h3-10H,1-2H3. The first-order valence-electron chi connectivity index (χ1n) is 7.82. The Hall–Kier alpha value is -2.95. The van der Waals surface area contributed by atoms with Crippen LogP contribution in [0.5, 0.6) is 5.75 Å². The fourth-order valence-electron chi connectivity index (χ4n) is 2.46. The molecule has 0 saturated heterocycles. The van der Waals surface area contributed by atoms with E-state index >= 15 is 0 Å². The first-order chi connectivity index (χ1) is 13.0. The molecule has 0 amide bonds. The SMILES string of the molecule is COc1ccc(-n2nc(S(=O)c3ccc(Cl)cc3)c(C)c(C#N)c2=O)cc1. The maximum Gasteiger partial charge on any atom is 0.289 e. The molecule has 1 unspecified atom stereocenters. The van der Waals surface area contributed by atoms with E-state index in [9.17, 15) is 14.3 Å². The lowest BCUT2D eigenvalue weighted by molar-refractivity contribution is 0.414. The molecule has 3 rings (SSSR count). The number of hydrogen-bond donors (Lipinski definition) is 0. The van der Waals surface area contributed by atoms with Gasteiger partial charge in [-0.25, -0.2) is 4.21 Å². The molecular formula is C19H14ClN3O3S. The molecule has 0 N–H and O–H groups in total. The molecule has 0 saturated carbocycles. The number of benzene rings is 2. The van der Waals surface area contributed by atoms with Crippen molar-refractivity contribution in [3.63, 3.8) is 0 Å². The van der Waals surface area contributed by atoms with E-state index in [1.165, 1.54) is 7.11 Å². The third-order valence-electron chi connectivity index (χ3n) is 3.92. The highest BCUT2D eigenvalue weighted by atomic mass is 35.5. The number of rotatable bonds is 4. The predicted octanol–water partition coefficient (Wildman–Crippen LogP) is 3.24. The molecule has 8 heteroatoms. The van der Waals surface area contributed by atoms with Gasteiger partial charge in [0.25, 0.3) is 5.56 Å². The lowest BCUT2D eigenvalue weighted by Crippen LogP contribution is -2.27. The van der Waals surface area contributed by atoms with Gasteiger partial charge in [-0.2, -0.15) is 15.0 Å². The molecular weight excluding hydrogens is 386 g/mol. The maximum atomic E-state index is 13.0. The molecule has 1 aromatic heterocycles. The molecule has 1 atom stereocenters. The molecule has 6 nitrogen and oxygen atoms in total. The van der Waals surface area contributed by atoms with Gasteiger partial charge in [0.05, 0.1) is 12.8 Å². The molecule has 27 heavy (non-hydrogen) atoms. The average molecular weight is 400 g/mol. The molecule has 0 spiro atoms. The van der Waals surface area contributed by atoms with Crippen molar-refractivity contribution in [3.05, 3.63) is 75.0 Å². The number of hydrogen-bond acceptors (Lipinski definition) is 5. The van der Waals surface area contributed by atoms with Gasteiger partial charge in [0.2, 0.25) is 0 Å². The largest absolute Gasteiger partial charge is 0.497 e. The van der Waals surface area contributed by atoms with Crippen molar-refractivity contribution in [2.75, 3.05) is 7.11 Å². The van der Waals surface area contributed by atoms with E-state index in [4.69, 9.17) is 16.3 Å². The number of nitriles is 1. The maximum absolute atomic E-state index is 13.0. The Morgan fingerprint density at radius 3 is 2.33 bits per heavy atom. The number of aromatic nitrogens is 2. The van der Waals surface area contributed by atoms with Crippen molar-refractivity contribution in [2.24, 2.45) is 0 Å². The summed E-state index contributed by atoms with van der Waals surface area (Å²) in [5.74, 6) is 0.615. The van der Waals surface area contributed by atoms with E-state index in [2.05, 4.69) is 5.10 Å². The summed E-state index contributed by atoms with van der Waals surface area (Å²) in [6.07, 6.45) is 0. The first kappa shape index (κ1) is 18.8. The monoisotopic (exact) mass is 399 g/mol. The van der Waals surface area contributed by atoms with Crippen molar-refractivity contribution in [2.45, 2.75) is 16.8 Å². The van der Waals surface area contributed by atoms with Crippen molar-refractivity contribution < 1.29 is 8.95 Å². The molecule has 0 aliphatic carbocycles. The Morgan fingerprint density at radius 2 is 1.78 bits per heavy atom. The van der Waals surface area contributed by atoms with Crippen LogP contribution < -0.4 is 10.3 Å². The molecule has 0 fully saturated rings. The van der Waals surface area contributed by atoms with E-state index in [-0.39, 0.29) is 10.6 Å². The fourth-order valence-corrected chi connectivity index (χ4v) is 3.73. The number of ether oxygens (including phenoxy) is 1. The van der Waals surface area contributed by atoms with Crippen LogP contribution in [0.2, 0.25) is 5.02 Å². The Bertz CT molecular complexity index is 1120. The fraction of sp³-hybridized carbons (Fsp3) is 0.105. The molecule has 1 heterocycles. The minimum atomic E-state index is -1.68. The lowest BCUT2D eigenvalue weighted by Gasteiger charge is -2.12. The average Bonchev–Trinajstić information content (AvgIpc) is 2.69. The minimum absolute atomic E-state index is 0.0990. The van der Waals surface area contributed by atoms with Gasteiger partial charge in [0.15, 0.2) is 5.03 Å². The molecule has 136 valence electrons. The normalized spacial score (nSPS) is 11.6. The number of methoxy groups -OCH3 is 1. The zero-order valence-corrected chi connectivity index (χ0v) is 16.0. The second-order valence-corrected chi connectivity index (χ2v) is 7.39. The third kappa shape index (κ3) is 3.63. The van der Waals surface area contributed by atoms with Crippen LogP contribution >= 0.6 is 11.6 Å². The highest BCUT2D eigenvalue weighted by molar-refractivity contribution is 7.85. The second kappa shape index (κ2) is 7.74. The van der Waals surface area contributed by atoms with Crippen molar-refractivity contribution >= 4 is 22.4 Å². The summed E-state index contributed by atoms with van der Waals surface area (Å²) in [5.41, 5.74) is 0.0577. The van der Waals surface area contributed by atoms with Crippen LogP contribution in [-0.2, 0) is 10.8 Å².